The number of hydrogen-bond donors (Lipinski definition) is 1. The number of methoxy groups -OCH3 is 3. The SMILES string of the molecule is COc1cc(OC)c([C@H]2CC(=O)N3C[NH+](C)CSC3=C2C#N)cc1OC. The van der Waals surface area contributed by atoms with Crippen LogP contribution in [0.4, 0.5) is 0 Å². The monoisotopic (exact) mass is 376 g/mol. The molecule has 1 amide bonds. The zero-order valence-corrected chi connectivity index (χ0v) is 16.1. The third-order valence-corrected chi connectivity index (χ3v) is 5.97. The fraction of sp³-hybridized carbons (Fsp3) is 0.444. The predicted molar refractivity (Wildman–Crippen MR) is 97.2 cm³/mol. The van der Waals surface area contributed by atoms with Crippen molar-refractivity contribution in [1.29, 1.82) is 5.26 Å². The number of carbonyl (C=O) groups is 1. The number of ether oxygens (including phenoxy) is 3. The first-order chi connectivity index (χ1) is 12.5. The molecule has 1 saturated heterocycles. The van der Waals surface area contributed by atoms with E-state index in [2.05, 4.69) is 6.07 Å². The van der Waals surface area contributed by atoms with Gasteiger partial charge in [-0.3, -0.25) is 9.69 Å². The quantitative estimate of drug-likeness (QED) is 0.843. The maximum atomic E-state index is 12.8. The zero-order chi connectivity index (χ0) is 18.8. The first-order valence-electron chi connectivity index (χ1n) is 8.22. The normalized spacial score (nSPS) is 22.6. The van der Waals surface area contributed by atoms with Crippen LogP contribution in [0.3, 0.4) is 0 Å². The predicted octanol–water partition coefficient (Wildman–Crippen LogP) is 0.940. The van der Waals surface area contributed by atoms with Crippen LogP contribution in [-0.4, -0.2) is 51.7 Å². The van der Waals surface area contributed by atoms with E-state index in [9.17, 15) is 10.1 Å². The van der Waals surface area contributed by atoms with Crippen LogP contribution in [0.2, 0.25) is 0 Å². The molecule has 138 valence electrons. The van der Waals surface area contributed by atoms with Gasteiger partial charge in [-0.05, 0) is 17.8 Å². The molecule has 3 rings (SSSR count). The van der Waals surface area contributed by atoms with Crippen LogP contribution in [0.15, 0.2) is 22.7 Å². The first-order valence-corrected chi connectivity index (χ1v) is 9.21. The molecular formula is C18H22N3O4S+. The van der Waals surface area contributed by atoms with Crippen LogP contribution in [-0.2, 0) is 4.79 Å². The molecular weight excluding hydrogens is 354 g/mol. The molecule has 2 atom stereocenters. The highest BCUT2D eigenvalue weighted by Crippen LogP contribution is 2.46. The molecule has 1 fully saturated rings. The lowest BCUT2D eigenvalue weighted by Gasteiger charge is -2.38. The zero-order valence-electron chi connectivity index (χ0n) is 15.3. The summed E-state index contributed by atoms with van der Waals surface area (Å²) in [6.07, 6.45) is 0.228. The highest BCUT2D eigenvalue weighted by atomic mass is 32.2. The molecule has 2 aliphatic heterocycles. The molecule has 2 heterocycles. The minimum Gasteiger partial charge on any atom is -0.496 e. The van der Waals surface area contributed by atoms with Crippen molar-refractivity contribution < 1.29 is 23.9 Å². The molecule has 0 aliphatic carbocycles. The summed E-state index contributed by atoms with van der Waals surface area (Å²) in [5.41, 5.74) is 1.36. The third kappa shape index (κ3) is 3.08. The molecule has 0 saturated carbocycles. The molecule has 26 heavy (non-hydrogen) atoms. The minimum absolute atomic E-state index is 0.0207. The number of fused-ring (bicyclic) bond motifs is 1. The topological polar surface area (TPSA) is 76.2 Å². The number of amides is 1. The highest BCUT2D eigenvalue weighted by molar-refractivity contribution is 8.02. The molecule has 8 heteroatoms. The van der Waals surface area contributed by atoms with Crippen LogP contribution < -0.4 is 19.1 Å². The highest BCUT2D eigenvalue weighted by Gasteiger charge is 2.40. The van der Waals surface area contributed by atoms with Gasteiger partial charge in [-0.2, -0.15) is 5.26 Å². The number of hydrogen-bond acceptors (Lipinski definition) is 6. The molecule has 1 aromatic rings. The standard InChI is InChI=1S/C18H21N3O4S/c1-20-9-21-17(22)6-11(13(8-19)18(21)26-10-20)12-5-15(24-3)16(25-4)7-14(12)23-2/h5,7,11H,6,9-10H2,1-4H3/p+1/t11-/m1/s1. The number of quaternary nitrogens is 1. The van der Waals surface area contributed by atoms with E-state index in [0.29, 0.717) is 29.5 Å². The van der Waals surface area contributed by atoms with Gasteiger partial charge >= 0.3 is 0 Å². The van der Waals surface area contributed by atoms with Crippen LogP contribution in [0, 0.1) is 11.3 Å². The van der Waals surface area contributed by atoms with Gasteiger partial charge in [-0.1, -0.05) is 0 Å². The van der Waals surface area contributed by atoms with Crippen LogP contribution in [0.5, 0.6) is 17.2 Å². The van der Waals surface area contributed by atoms with Crippen molar-refractivity contribution in [3.63, 3.8) is 0 Å². The van der Waals surface area contributed by atoms with Gasteiger partial charge in [0.25, 0.3) is 0 Å². The maximum absolute atomic E-state index is 12.8. The first kappa shape index (κ1) is 18.4. The second-order valence-electron chi connectivity index (χ2n) is 6.26. The maximum Gasteiger partial charge on any atom is 0.232 e. The lowest BCUT2D eigenvalue weighted by atomic mass is 9.85. The molecule has 1 N–H and O–H groups in total. The van der Waals surface area contributed by atoms with E-state index in [-0.39, 0.29) is 18.2 Å². The van der Waals surface area contributed by atoms with Crippen molar-refractivity contribution in [3.05, 3.63) is 28.3 Å². The van der Waals surface area contributed by atoms with E-state index in [4.69, 9.17) is 14.2 Å². The fourth-order valence-corrected chi connectivity index (χ4v) is 4.47. The van der Waals surface area contributed by atoms with Crippen LogP contribution >= 0.6 is 11.8 Å². The number of nitrogens with one attached hydrogen (secondary N) is 1. The molecule has 2 aliphatic rings. The molecule has 0 aromatic heterocycles. The van der Waals surface area contributed by atoms with E-state index in [1.54, 1.807) is 50.1 Å². The van der Waals surface area contributed by atoms with Gasteiger partial charge in [-0.15, -0.1) is 0 Å². The second kappa shape index (κ2) is 7.48. The van der Waals surface area contributed by atoms with Crippen molar-refractivity contribution in [2.45, 2.75) is 12.3 Å². The van der Waals surface area contributed by atoms with Crippen molar-refractivity contribution in [1.82, 2.24) is 4.90 Å². The molecule has 7 nitrogen and oxygen atoms in total. The summed E-state index contributed by atoms with van der Waals surface area (Å²) < 4.78 is 16.2. The molecule has 1 aromatic carbocycles. The molecule has 0 bridgehead atoms. The van der Waals surface area contributed by atoms with E-state index in [0.717, 1.165) is 16.5 Å². The Morgan fingerprint density at radius 1 is 1.19 bits per heavy atom. The lowest BCUT2D eigenvalue weighted by Crippen LogP contribution is -3.11. The number of nitrogens with zero attached hydrogens (tertiary/aromatic N) is 2. The summed E-state index contributed by atoms with van der Waals surface area (Å²) in [5, 5.41) is 10.6. The molecule has 1 unspecified atom stereocenters. The van der Waals surface area contributed by atoms with Gasteiger partial charge in [0.1, 0.15) is 16.7 Å². The number of rotatable bonds is 4. The molecule has 0 spiro atoms. The van der Waals surface area contributed by atoms with Gasteiger partial charge in [0, 0.05) is 24.0 Å². The van der Waals surface area contributed by atoms with Crippen molar-refractivity contribution in [2.75, 3.05) is 40.9 Å². The Labute approximate surface area is 157 Å². The summed E-state index contributed by atoms with van der Waals surface area (Å²) in [4.78, 5) is 15.7. The number of benzene rings is 1. The smallest absolute Gasteiger partial charge is 0.232 e. The van der Waals surface area contributed by atoms with Gasteiger partial charge in [0.05, 0.1) is 40.0 Å². The summed E-state index contributed by atoms with van der Waals surface area (Å²) in [6.45, 7) is 0.585. The number of allylic oxidation sites excluding steroid dienone is 1. The van der Waals surface area contributed by atoms with Gasteiger partial charge in [0.2, 0.25) is 5.91 Å². The van der Waals surface area contributed by atoms with Gasteiger partial charge in [-0.25, -0.2) is 0 Å². The van der Waals surface area contributed by atoms with Crippen molar-refractivity contribution >= 4 is 17.7 Å². The Morgan fingerprint density at radius 2 is 1.85 bits per heavy atom. The largest absolute Gasteiger partial charge is 0.496 e. The number of carbonyl (C=O) groups excluding carboxylic acids is 1. The number of thioether (sulfide) groups is 1. The van der Waals surface area contributed by atoms with E-state index < -0.39 is 0 Å². The Hall–Kier alpha value is -2.37. The summed E-state index contributed by atoms with van der Waals surface area (Å²) in [6, 6.07) is 5.86. The van der Waals surface area contributed by atoms with Crippen LogP contribution in [0.1, 0.15) is 17.9 Å². The van der Waals surface area contributed by atoms with E-state index >= 15 is 0 Å². The van der Waals surface area contributed by atoms with Gasteiger partial charge < -0.3 is 19.1 Å². The summed E-state index contributed by atoms with van der Waals surface area (Å²) >= 11 is 1.55. The third-order valence-electron chi connectivity index (χ3n) is 4.62. The van der Waals surface area contributed by atoms with Crippen LogP contribution in [0.25, 0.3) is 0 Å². The van der Waals surface area contributed by atoms with Gasteiger partial charge in [0.15, 0.2) is 18.2 Å². The van der Waals surface area contributed by atoms with Crippen molar-refractivity contribution in [2.24, 2.45) is 0 Å². The number of nitriles is 1. The Bertz CT molecular complexity index is 802. The van der Waals surface area contributed by atoms with Crippen molar-refractivity contribution in [3.8, 4) is 23.3 Å². The average molecular weight is 376 g/mol. The Kier molecular flexibility index (Phi) is 5.30. The summed E-state index contributed by atoms with van der Waals surface area (Å²) in [5.74, 6) is 2.14. The second-order valence-corrected chi connectivity index (χ2v) is 7.23. The van der Waals surface area contributed by atoms with E-state index in [1.165, 1.54) is 4.90 Å². The Morgan fingerprint density at radius 3 is 2.46 bits per heavy atom. The average Bonchev–Trinajstić information content (AvgIpc) is 2.67. The van der Waals surface area contributed by atoms with E-state index in [1.807, 2.05) is 7.05 Å². The Balaban J connectivity index is 2.13. The summed E-state index contributed by atoms with van der Waals surface area (Å²) in [7, 11) is 6.71. The fourth-order valence-electron chi connectivity index (χ4n) is 3.33. The molecule has 0 radical (unpaired) electrons. The minimum atomic E-state index is -0.362. The lowest BCUT2D eigenvalue weighted by molar-refractivity contribution is -0.876.